The first kappa shape index (κ1) is 20.4. The van der Waals surface area contributed by atoms with Crippen molar-refractivity contribution in [2.75, 3.05) is 16.8 Å². The number of nitrogens with zero attached hydrogens (tertiary/aromatic N) is 3. The molecule has 0 aliphatic carbocycles. The predicted octanol–water partition coefficient (Wildman–Crippen LogP) is 6.09. The highest BCUT2D eigenvalue weighted by Crippen LogP contribution is 2.36. The van der Waals surface area contributed by atoms with Crippen LogP contribution in [0.1, 0.15) is 60.3 Å². The SMILES string of the molecule is CCc1nc(Nc2ccc(C)cc2C)nc(N2CCc3ccccc3C2C)c1CC. The quantitative estimate of drug-likeness (QED) is 0.563. The van der Waals surface area contributed by atoms with Crippen molar-refractivity contribution < 1.29 is 0 Å². The zero-order valence-electron chi connectivity index (χ0n) is 18.8. The van der Waals surface area contributed by atoms with Gasteiger partial charge in [-0.1, -0.05) is 55.8 Å². The summed E-state index contributed by atoms with van der Waals surface area (Å²) in [5.41, 5.74) is 8.81. The molecule has 0 saturated heterocycles. The van der Waals surface area contributed by atoms with Crippen LogP contribution >= 0.6 is 0 Å². The van der Waals surface area contributed by atoms with Crippen LogP contribution in [0.15, 0.2) is 42.5 Å². The summed E-state index contributed by atoms with van der Waals surface area (Å²) in [4.78, 5) is 12.4. The second-order valence-electron chi connectivity index (χ2n) is 8.26. The molecule has 0 saturated carbocycles. The molecule has 2 heterocycles. The van der Waals surface area contributed by atoms with E-state index < -0.39 is 0 Å². The Labute approximate surface area is 180 Å². The maximum absolute atomic E-state index is 5.06. The molecule has 1 atom stereocenters. The van der Waals surface area contributed by atoms with Gasteiger partial charge in [-0.2, -0.15) is 4.98 Å². The van der Waals surface area contributed by atoms with Crippen LogP contribution in [0.25, 0.3) is 0 Å². The summed E-state index contributed by atoms with van der Waals surface area (Å²) in [7, 11) is 0. The Bertz CT molecular complexity index is 1060. The zero-order valence-corrected chi connectivity index (χ0v) is 18.8. The fraction of sp³-hybridized carbons (Fsp3) is 0.385. The summed E-state index contributed by atoms with van der Waals surface area (Å²) in [6, 6.07) is 15.5. The number of anilines is 3. The van der Waals surface area contributed by atoms with Gasteiger partial charge in [-0.05, 0) is 62.8 Å². The Morgan fingerprint density at radius 1 is 1.03 bits per heavy atom. The van der Waals surface area contributed by atoms with Crippen LogP contribution < -0.4 is 10.2 Å². The molecule has 4 heteroatoms. The molecule has 4 nitrogen and oxygen atoms in total. The molecule has 0 fully saturated rings. The van der Waals surface area contributed by atoms with Crippen molar-refractivity contribution in [3.8, 4) is 0 Å². The third-order valence-corrected chi connectivity index (χ3v) is 6.25. The van der Waals surface area contributed by atoms with Crippen LogP contribution in [0, 0.1) is 13.8 Å². The third-order valence-electron chi connectivity index (χ3n) is 6.25. The predicted molar refractivity (Wildman–Crippen MR) is 126 cm³/mol. The maximum atomic E-state index is 5.06. The number of benzene rings is 2. The molecule has 156 valence electrons. The molecule has 3 aromatic rings. The summed E-state index contributed by atoms with van der Waals surface area (Å²) in [6.07, 6.45) is 2.89. The van der Waals surface area contributed by atoms with Gasteiger partial charge in [0.1, 0.15) is 5.82 Å². The van der Waals surface area contributed by atoms with Crippen molar-refractivity contribution >= 4 is 17.5 Å². The van der Waals surface area contributed by atoms with Gasteiger partial charge in [-0.15, -0.1) is 0 Å². The van der Waals surface area contributed by atoms with E-state index in [9.17, 15) is 0 Å². The Balaban J connectivity index is 1.76. The average Bonchev–Trinajstić information content (AvgIpc) is 2.75. The fourth-order valence-electron chi connectivity index (χ4n) is 4.60. The first-order chi connectivity index (χ1) is 14.5. The number of rotatable bonds is 5. The Hall–Kier alpha value is -2.88. The number of hydrogen-bond donors (Lipinski definition) is 1. The van der Waals surface area contributed by atoms with E-state index in [1.807, 2.05) is 0 Å². The summed E-state index contributed by atoms with van der Waals surface area (Å²) in [5, 5.41) is 3.49. The summed E-state index contributed by atoms with van der Waals surface area (Å²) in [5.74, 6) is 1.77. The first-order valence-corrected chi connectivity index (χ1v) is 11.1. The molecule has 1 unspecified atom stereocenters. The lowest BCUT2D eigenvalue weighted by Crippen LogP contribution is -2.35. The highest BCUT2D eigenvalue weighted by molar-refractivity contribution is 5.62. The van der Waals surface area contributed by atoms with E-state index >= 15 is 0 Å². The number of fused-ring (bicyclic) bond motifs is 1. The molecular formula is C26H32N4. The molecule has 4 rings (SSSR count). The molecule has 1 aliphatic heterocycles. The molecule has 1 aromatic heterocycles. The van der Waals surface area contributed by atoms with Crippen LogP contribution in [0.4, 0.5) is 17.5 Å². The average molecular weight is 401 g/mol. The van der Waals surface area contributed by atoms with Crippen molar-refractivity contribution in [1.82, 2.24) is 9.97 Å². The minimum absolute atomic E-state index is 0.300. The van der Waals surface area contributed by atoms with Gasteiger partial charge in [0.2, 0.25) is 5.95 Å². The van der Waals surface area contributed by atoms with Crippen LogP contribution in [-0.4, -0.2) is 16.5 Å². The zero-order chi connectivity index (χ0) is 21.3. The van der Waals surface area contributed by atoms with E-state index in [0.717, 1.165) is 43.0 Å². The van der Waals surface area contributed by atoms with Gasteiger partial charge in [0.05, 0.1) is 11.7 Å². The topological polar surface area (TPSA) is 41.1 Å². The van der Waals surface area contributed by atoms with E-state index in [1.54, 1.807) is 0 Å². The molecule has 0 amide bonds. The van der Waals surface area contributed by atoms with Crippen molar-refractivity contribution in [2.24, 2.45) is 0 Å². The summed E-state index contributed by atoms with van der Waals surface area (Å²) in [6.45, 7) is 11.9. The third kappa shape index (κ3) is 3.79. The molecular weight excluding hydrogens is 368 g/mol. The van der Waals surface area contributed by atoms with Crippen LogP contribution in [0.3, 0.4) is 0 Å². The molecule has 1 aliphatic rings. The van der Waals surface area contributed by atoms with Gasteiger partial charge in [0.15, 0.2) is 0 Å². The van der Waals surface area contributed by atoms with Gasteiger partial charge < -0.3 is 10.2 Å². The normalized spacial score (nSPS) is 15.8. The molecule has 0 bridgehead atoms. The first-order valence-electron chi connectivity index (χ1n) is 11.1. The summed E-state index contributed by atoms with van der Waals surface area (Å²) < 4.78 is 0. The maximum Gasteiger partial charge on any atom is 0.229 e. The van der Waals surface area contributed by atoms with Gasteiger partial charge in [-0.25, -0.2) is 4.98 Å². The van der Waals surface area contributed by atoms with Crippen LogP contribution in [0.5, 0.6) is 0 Å². The minimum atomic E-state index is 0.300. The number of hydrogen-bond acceptors (Lipinski definition) is 4. The standard InChI is InChI=1S/C26H32N4/c1-6-21-23(7-2)27-26(28-24-13-12-17(3)16-18(24)4)29-25(21)30-15-14-20-10-8-9-11-22(20)19(30)5/h8-13,16,19H,6-7,14-15H2,1-5H3,(H,27,28,29). The van der Waals surface area contributed by atoms with Crippen LogP contribution in [-0.2, 0) is 19.3 Å². The highest BCUT2D eigenvalue weighted by Gasteiger charge is 2.27. The fourth-order valence-corrected chi connectivity index (χ4v) is 4.60. The summed E-state index contributed by atoms with van der Waals surface area (Å²) >= 11 is 0. The molecule has 2 aromatic carbocycles. The van der Waals surface area contributed by atoms with E-state index in [-0.39, 0.29) is 0 Å². The van der Waals surface area contributed by atoms with Gasteiger partial charge in [-0.3, -0.25) is 0 Å². The highest BCUT2D eigenvalue weighted by atomic mass is 15.3. The lowest BCUT2D eigenvalue weighted by molar-refractivity contribution is 0.612. The van der Waals surface area contributed by atoms with E-state index in [4.69, 9.17) is 9.97 Å². The molecule has 0 radical (unpaired) electrons. The molecule has 30 heavy (non-hydrogen) atoms. The van der Waals surface area contributed by atoms with Crippen molar-refractivity contribution in [1.29, 1.82) is 0 Å². The second-order valence-corrected chi connectivity index (χ2v) is 8.26. The minimum Gasteiger partial charge on any atom is -0.349 e. The number of aromatic nitrogens is 2. The van der Waals surface area contributed by atoms with Crippen molar-refractivity contribution in [3.63, 3.8) is 0 Å². The van der Waals surface area contributed by atoms with Gasteiger partial charge >= 0.3 is 0 Å². The van der Waals surface area contributed by atoms with Crippen molar-refractivity contribution in [2.45, 2.75) is 59.9 Å². The van der Waals surface area contributed by atoms with Crippen molar-refractivity contribution in [3.05, 3.63) is 76.0 Å². The van der Waals surface area contributed by atoms with Gasteiger partial charge in [0.25, 0.3) is 0 Å². The largest absolute Gasteiger partial charge is 0.349 e. The van der Waals surface area contributed by atoms with Crippen LogP contribution in [0.2, 0.25) is 0 Å². The van der Waals surface area contributed by atoms with Gasteiger partial charge in [0, 0.05) is 17.8 Å². The Morgan fingerprint density at radius 3 is 2.57 bits per heavy atom. The Kier molecular flexibility index (Phi) is 5.76. The smallest absolute Gasteiger partial charge is 0.229 e. The lowest BCUT2D eigenvalue weighted by atomic mass is 9.93. The molecule has 1 N–H and O–H groups in total. The Morgan fingerprint density at radius 2 is 1.83 bits per heavy atom. The van der Waals surface area contributed by atoms with E-state index in [0.29, 0.717) is 12.0 Å². The number of aryl methyl sites for hydroxylation is 3. The molecule has 0 spiro atoms. The van der Waals surface area contributed by atoms with E-state index in [1.165, 1.54) is 27.8 Å². The monoisotopic (exact) mass is 400 g/mol. The number of nitrogens with one attached hydrogen (secondary N) is 1. The lowest BCUT2D eigenvalue weighted by Gasteiger charge is -2.37. The second kappa shape index (κ2) is 8.47. The van der Waals surface area contributed by atoms with E-state index in [2.05, 4.69) is 87.3 Å².